The summed E-state index contributed by atoms with van der Waals surface area (Å²) in [6.07, 6.45) is 0.687. The molecule has 3 N–H and O–H groups in total. The molecule has 2 aliphatic heterocycles. The number of carboxylic acids is 1. The van der Waals surface area contributed by atoms with Crippen LogP contribution in [0.2, 0.25) is 0 Å². The first-order chi connectivity index (χ1) is 17.2. The molecule has 36 heavy (non-hydrogen) atoms. The zero-order valence-corrected chi connectivity index (χ0v) is 21.2. The molecule has 4 aliphatic rings. The van der Waals surface area contributed by atoms with Crippen molar-refractivity contribution < 1.29 is 34.1 Å². The number of H-pyrrole nitrogens is 1. The van der Waals surface area contributed by atoms with Crippen LogP contribution >= 0.6 is 23.1 Å². The third-order valence-corrected chi connectivity index (χ3v) is 11.0. The summed E-state index contributed by atoms with van der Waals surface area (Å²) in [5.41, 5.74) is 0.782. The number of carboxylic acid groups (broad SMARTS) is 1. The molecule has 0 radical (unpaired) electrons. The van der Waals surface area contributed by atoms with Gasteiger partial charge >= 0.3 is 10.8 Å². The lowest BCUT2D eigenvalue weighted by Gasteiger charge is -2.43. The number of aromatic nitrogens is 1. The Morgan fingerprint density at radius 3 is 2.31 bits per heavy atom. The van der Waals surface area contributed by atoms with E-state index in [4.69, 9.17) is 9.47 Å². The van der Waals surface area contributed by atoms with Crippen molar-refractivity contribution >= 4 is 40.9 Å². The highest BCUT2D eigenvalue weighted by Crippen LogP contribution is 2.69. The third kappa shape index (κ3) is 2.97. The van der Waals surface area contributed by atoms with Gasteiger partial charge in [-0.1, -0.05) is 11.3 Å². The van der Waals surface area contributed by atoms with Crippen LogP contribution in [-0.2, 0) is 14.4 Å². The number of amides is 2. The Morgan fingerprint density at radius 2 is 1.72 bits per heavy atom. The van der Waals surface area contributed by atoms with Crippen LogP contribution in [0.15, 0.2) is 22.0 Å². The Bertz CT molecular complexity index is 1340. The number of nitrogens with zero attached hydrogens (tertiary/aromatic N) is 1. The molecule has 8 atom stereocenters. The van der Waals surface area contributed by atoms with Crippen LogP contribution in [-0.4, -0.2) is 63.4 Å². The Morgan fingerprint density at radius 1 is 1.11 bits per heavy atom. The normalized spacial score (nSPS) is 32.8. The number of imide groups is 1. The van der Waals surface area contributed by atoms with Crippen molar-refractivity contribution in [3.05, 3.63) is 32.2 Å². The molecule has 190 valence electrons. The van der Waals surface area contributed by atoms with Gasteiger partial charge in [-0.3, -0.25) is 19.3 Å². The first-order valence-corrected chi connectivity index (χ1v) is 13.3. The Labute approximate surface area is 213 Å². The Kier molecular flexibility index (Phi) is 5.21. The fourth-order valence-corrected chi connectivity index (χ4v) is 9.89. The van der Waals surface area contributed by atoms with Crippen molar-refractivity contribution in [1.82, 2.24) is 9.88 Å². The van der Waals surface area contributed by atoms with Gasteiger partial charge < -0.3 is 24.7 Å². The van der Waals surface area contributed by atoms with Crippen LogP contribution in [0.25, 0.3) is 0 Å². The largest absolute Gasteiger partial charge is 0.502 e. The number of ether oxygens (including phenoxy) is 2. The number of thiazole rings is 1. The van der Waals surface area contributed by atoms with Crippen LogP contribution in [0.1, 0.15) is 29.7 Å². The molecule has 2 aliphatic carbocycles. The van der Waals surface area contributed by atoms with Crippen molar-refractivity contribution in [2.75, 3.05) is 14.2 Å². The number of benzene rings is 1. The van der Waals surface area contributed by atoms with Gasteiger partial charge in [0.2, 0.25) is 17.6 Å². The molecule has 1 aromatic heterocycles. The summed E-state index contributed by atoms with van der Waals surface area (Å²) in [5.74, 6) is -3.44. The lowest BCUT2D eigenvalue weighted by molar-refractivity contribution is -0.154. The lowest BCUT2D eigenvalue weighted by atomic mass is 9.68. The van der Waals surface area contributed by atoms with Crippen molar-refractivity contribution in [3.8, 4) is 17.2 Å². The summed E-state index contributed by atoms with van der Waals surface area (Å²) in [7, 11) is 2.89. The van der Waals surface area contributed by atoms with Gasteiger partial charge in [-0.05, 0) is 48.8 Å². The summed E-state index contributed by atoms with van der Waals surface area (Å²) in [5, 5.41) is 20.7. The van der Waals surface area contributed by atoms with Gasteiger partial charge in [0.25, 0.3) is 0 Å². The standard InChI is InChI=1S/C24H24N2O8S2/c1-7(23(30)31)26-21(28)15-9-6-10(16(15)22(26)29)18-14(9)13(19-20(35-18)25-24(32)36-19)8-4-11(33-2)17(27)12(5-8)34-3/h4-5,7,9-10,13-16,18,27H,6H2,1-3H3,(H,25,32)(H,30,31)/t7-,9+,10-,13-,14-,15+,16-,18+/m0/s1. The molecular formula is C24H24N2O8S2. The zero-order valence-electron chi connectivity index (χ0n) is 19.6. The van der Waals surface area contributed by atoms with Crippen molar-refractivity contribution in [3.63, 3.8) is 0 Å². The summed E-state index contributed by atoms with van der Waals surface area (Å²) >= 11 is 2.67. The summed E-state index contributed by atoms with van der Waals surface area (Å²) in [4.78, 5) is 55.4. The minimum absolute atomic E-state index is 0.0402. The number of rotatable bonds is 5. The number of methoxy groups -OCH3 is 2. The Balaban J connectivity index is 1.48. The number of nitrogens with one attached hydrogen (secondary N) is 1. The second-order valence-electron chi connectivity index (χ2n) is 9.80. The SMILES string of the molecule is COc1cc([C@@H]2c3sc(=O)[nH]c3S[C@@H]3[C@H]4C[C@@H]([C@H]5C(=O)N([C@@H](C)C(=O)O)C(=O)[C@@H]45)[C@@H]23)cc(OC)c1O. The monoisotopic (exact) mass is 532 g/mol. The number of carbonyl (C=O) groups is 3. The number of hydrogen-bond donors (Lipinski definition) is 3. The second-order valence-corrected chi connectivity index (χ2v) is 12.0. The first-order valence-electron chi connectivity index (χ1n) is 11.6. The summed E-state index contributed by atoms with van der Waals surface area (Å²) in [6.45, 7) is 1.36. The molecule has 10 nitrogen and oxygen atoms in total. The van der Waals surface area contributed by atoms with Crippen LogP contribution < -0.4 is 14.3 Å². The Hall–Kier alpha value is -2.99. The van der Waals surface area contributed by atoms with Crippen molar-refractivity contribution in [2.45, 2.75) is 35.6 Å². The molecule has 3 fully saturated rings. The van der Waals surface area contributed by atoms with E-state index in [1.165, 1.54) is 21.1 Å². The number of likely N-dealkylation sites (tertiary alicyclic amines) is 1. The average molecular weight is 533 g/mol. The van der Waals surface area contributed by atoms with Gasteiger partial charge in [-0.25, -0.2) is 4.79 Å². The van der Waals surface area contributed by atoms with Gasteiger partial charge in [-0.2, -0.15) is 0 Å². The predicted octanol–water partition coefficient (Wildman–Crippen LogP) is 2.11. The van der Waals surface area contributed by atoms with E-state index < -0.39 is 35.7 Å². The van der Waals surface area contributed by atoms with E-state index in [-0.39, 0.29) is 51.0 Å². The summed E-state index contributed by atoms with van der Waals surface area (Å²) < 4.78 is 10.8. The lowest BCUT2D eigenvalue weighted by Crippen LogP contribution is -2.44. The number of fused-ring (bicyclic) bond motifs is 9. The molecule has 1 aromatic carbocycles. The minimum atomic E-state index is -1.22. The topological polar surface area (TPSA) is 146 Å². The number of phenols is 1. The van der Waals surface area contributed by atoms with Gasteiger partial charge in [-0.15, -0.1) is 11.8 Å². The molecule has 3 heterocycles. The molecule has 2 amide bonds. The number of phenolic OH excluding ortho intramolecular Hbond substituents is 1. The molecule has 12 heteroatoms. The molecule has 1 saturated heterocycles. The smallest absolute Gasteiger partial charge is 0.326 e. The van der Waals surface area contributed by atoms with E-state index in [9.17, 15) is 29.4 Å². The fourth-order valence-electron chi connectivity index (χ4n) is 7.00. The molecule has 6 rings (SSSR count). The van der Waals surface area contributed by atoms with Crippen LogP contribution in [0.5, 0.6) is 17.2 Å². The van der Waals surface area contributed by atoms with E-state index >= 15 is 0 Å². The number of hydrogen-bond acceptors (Lipinski definition) is 9. The maximum atomic E-state index is 13.5. The van der Waals surface area contributed by atoms with E-state index in [2.05, 4.69) is 4.98 Å². The summed E-state index contributed by atoms with van der Waals surface area (Å²) in [6, 6.07) is 2.24. The quantitative estimate of drug-likeness (QED) is 0.493. The highest BCUT2D eigenvalue weighted by molar-refractivity contribution is 8.00. The highest BCUT2D eigenvalue weighted by atomic mass is 32.2. The van der Waals surface area contributed by atoms with Crippen molar-refractivity contribution in [1.29, 1.82) is 0 Å². The number of aliphatic carboxylic acids is 1. The number of aromatic hydroxyl groups is 1. The molecule has 2 aromatic rings. The zero-order chi connectivity index (χ0) is 25.6. The second kappa shape index (κ2) is 8.01. The maximum Gasteiger partial charge on any atom is 0.326 e. The van der Waals surface area contributed by atoms with Crippen LogP contribution in [0, 0.1) is 29.6 Å². The van der Waals surface area contributed by atoms with E-state index in [0.717, 1.165) is 31.7 Å². The maximum absolute atomic E-state index is 13.5. The highest BCUT2D eigenvalue weighted by Gasteiger charge is 2.70. The third-order valence-electron chi connectivity index (χ3n) is 8.36. The minimum Gasteiger partial charge on any atom is -0.502 e. The number of aromatic amines is 1. The van der Waals surface area contributed by atoms with E-state index in [0.29, 0.717) is 6.42 Å². The van der Waals surface area contributed by atoms with Gasteiger partial charge in [0.1, 0.15) is 6.04 Å². The van der Waals surface area contributed by atoms with Crippen LogP contribution in [0.3, 0.4) is 0 Å². The number of thioether (sulfide) groups is 1. The fraction of sp³-hybridized carbons (Fsp3) is 0.500. The first kappa shape index (κ1) is 23.4. The average Bonchev–Trinajstić information content (AvgIpc) is 3.57. The van der Waals surface area contributed by atoms with E-state index in [1.807, 2.05) is 0 Å². The predicted molar refractivity (Wildman–Crippen MR) is 129 cm³/mol. The molecule has 2 bridgehead atoms. The number of carbonyl (C=O) groups excluding carboxylic acids is 2. The van der Waals surface area contributed by atoms with Crippen LogP contribution in [0.4, 0.5) is 0 Å². The molecule has 0 spiro atoms. The van der Waals surface area contributed by atoms with E-state index in [1.54, 1.807) is 23.9 Å². The molecule has 0 unspecified atom stereocenters. The van der Waals surface area contributed by atoms with Gasteiger partial charge in [0.15, 0.2) is 11.5 Å². The van der Waals surface area contributed by atoms with Gasteiger partial charge in [0.05, 0.1) is 31.1 Å². The molecule has 2 saturated carbocycles. The van der Waals surface area contributed by atoms with Gasteiger partial charge in [0, 0.05) is 16.0 Å². The molecular weight excluding hydrogens is 508 g/mol. The van der Waals surface area contributed by atoms with Crippen molar-refractivity contribution in [2.24, 2.45) is 29.6 Å².